The van der Waals surface area contributed by atoms with Crippen LogP contribution in [0.5, 0.6) is 0 Å². The number of aliphatic hydroxyl groups is 1. The van der Waals surface area contributed by atoms with Gasteiger partial charge in [-0.25, -0.2) is 4.98 Å². The highest BCUT2D eigenvalue weighted by molar-refractivity contribution is 9.10. The Balaban J connectivity index is 2.03. The van der Waals surface area contributed by atoms with Gasteiger partial charge in [0.05, 0.1) is 18.3 Å². The molecule has 1 atom stereocenters. The maximum atomic E-state index is 9.70. The number of aryl methyl sites for hydroxylation is 2. The Hall–Kier alpha value is -2.51. The largest absolute Gasteiger partial charge is 0.394 e. The summed E-state index contributed by atoms with van der Waals surface area (Å²) < 4.78 is 1.04. The van der Waals surface area contributed by atoms with Gasteiger partial charge in [0.1, 0.15) is 5.82 Å². The molecule has 0 aliphatic carbocycles. The van der Waals surface area contributed by atoms with Crippen molar-refractivity contribution in [1.82, 2.24) is 15.0 Å². The van der Waals surface area contributed by atoms with Crippen molar-refractivity contribution in [1.29, 1.82) is 0 Å². The third kappa shape index (κ3) is 5.31. The molecule has 0 radical (unpaired) electrons. The van der Waals surface area contributed by atoms with Crippen LogP contribution in [0.3, 0.4) is 0 Å². The van der Waals surface area contributed by atoms with Crippen molar-refractivity contribution in [3.63, 3.8) is 0 Å². The number of rotatable bonds is 7. The summed E-state index contributed by atoms with van der Waals surface area (Å²) in [6, 6.07) is 9.76. The molecule has 1 aromatic carbocycles. The van der Waals surface area contributed by atoms with Crippen molar-refractivity contribution in [2.75, 3.05) is 17.2 Å². The maximum Gasteiger partial charge on any atom is 0.225 e. The van der Waals surface area contributed by atoms with Gasteiger partial charge in [0.2, 0.25) is 5.95 Å². The lowest BCUT2D eigenvalue weighted by atomic mass is 10.1. The molecule has 3 rings (SSSR count). The minimum Gasteiger partial charge on any atom is -0.394 e. The summed E-state index contributed by atoms with van der Waals surface area (Å²) in [6.07, 6.45) is 3.48. The number of aliphatic hydroxyl groups excluding tert-OH is 1. The predicted molar refractivity (Wildman–Crippen MR) is 121 cm³/mol. The molecule has 0 bridgehead atoms. The van der Waals surface area contributed by atoms with E-state index in [1.54, 1.807) is 12.4 Å². The molecule has 0 amide bonds. The number of nitrogens with one attached hydrogen (secondary N) is 2. The first-order valence-electron chi connectivity index (χ1n) is 9.58. The minimum atomic E-state index is -0.133. The minimum absolute atomic E-state index is 0.00814. The zero-order valence-corrected chi connectivity index (χ0v) is 18.7. The fourth-order valence-corrected chi connectivity index (χ4v) is 3.76. The van der Waals surface area contributed by atoms with Crippen molar-refractivity contribution in [3.05, 3.63) is 58.3 Å². The lowest BCUT2D eigenvalue weighted by Gasteiger charge is -2.21. The van der Waals surface area contributed by atoms with E-state index in [9.17, 15) is 5.11 Å². The Morgan fingerprint density at radius 1 is 1.03 bits per heavy atom. The first-order valence-corrected chi connectivity index (χ1v) is 10.4. The van der Waals surface area contributed by atoms with Crippen molar-refractivity contribution in [3.8, 4) is 11.3 Å². The smallest absolute Gasteiger partial charge is 0.225 e. The third-order valence-corrected chi connectivity index (χ3v) is 5.23. The molecule has 6 nitrogen and oxygen atoms in total. The van der Waals surface area contributed by atoms with E-state index in [1.165, 1.54) is 0 Å². The number of nitrogens with zero attached hydrogens (tertiary/aromatic N) is 3. The fraction of sp³-hybridized carbons (Fsp3) is 0.318. The van der Waals surface area contributed by atoms with Crippen LogP contribution < -0.4 is 10.6 Å². The molecule has 7 heteroatoms. The molecule has 2 aromatic heterocycles. The van der Waals surface area contributed by atoms with Crippen LogP contribution in [0, 0.1) is 19.8 Å². The third-order valence-electron chi connectivity index (χ3n) is 4.77. The van der Waals surface area contributed by atoms with E-state index < -0.39 is 0 Å². The van der Waals surface area contributed by atoms with Crippen molar-refractivity contribution >= 4 is 33.4 Å². The van der Waals surface area contributed by atoms with Crippen LogP contribution in [0.4, 0.5) is 17.5 Å². The van der Waals surface area contributed by atoms with Crippen LogP contribution in [-0.4, -0.2) is 32.7 Å². The molecular formula is C22H26BrN5O. The van der Waals surface area contributed by atoms with E-state index >= 15 is 0 Å². The normalized spacial score (nSPS) is 12.1. The van der Waals surface area contributed by atoms with Crippen LogP contribution in [0.2, 0.25) is 0 Å². The summed E-state index contributed by atoms with van der Waals surface area (Å²) in [6.45, 7) is 8.23. The Morgan fingerprint density at radius 2 is 1.69 bits per heavy atom. The number of hydrogen-bond acceptors (Lipinski definition) is 6. The van der Waals surface area contributed by atoms with Gasteiger partial charge in [0.15, 0.2) is 0 Å². The summed E-state index contributed by atoms with van der Waals surface area (Å²) in [4.78, 5) is 13.4. The maximum absolute atomic E-state index is 9.70. The molecular weight excluding hydrogens is 430 g/mol. The second kappa shape index (κ2) is 9.33. The zero-order chi connectivity index (χ0) is 21.0. The summed E-state index contributed by atoms with van der Waals surface area (Å²) >= 11 is 3.54. The molecule has 0 aliphatic rings. The van der Waals surface area contributed by atoms with Crippen LogP contribution in [0.25, 0.3) is 11.3 Å². The van der Waals surface area contributed by atoms with Gasteiger partial charge < -0.3 is 15.7 Å². The van der Waals surface area contributed by atoms with E-state index in [2.05, 4.69) is 67.5 Å². The molecule has 3 aromatic rings. The van der Waals surface area contributed by atoms with Crippen LogP contribution in [0.15, 0.2) is 47.2 Å². The number of aromatic nitrogens is 3. The van der Waals surface area contributed by atoms with E-state index in [0.29, 0.717) is 11.8 Å². The number of hydrogen-bond donors (Lipinski definition) is 3. The molecule has 0 unspecified atom stereocenters. The van der Waals surface area contributed by atoms with Gasteiger partial charge in [0.25, 0.3) is 0 Å². The summed E-state index contributed by atoms with van der Waals surface area (Å²) in [7, 11) is 0. The van der Waals surface area contributed by atoms with Crippen molar-refractivity contribution < 1.29 is 5.11 Å². The fourth-order valence-electron chi connectivity index (χ4n) is 3.07. The Kier molecular flexibility index (Phi) is 6.82. The van der Waals surface area contributed by atoms with E-state index in [-0.39, 0.29) is 18.6 Å². The Labute approximate surface area is 180 Å². The molecule has 0 saturated carbocycles. The van der Waals surface area contributed by atoms with Crippen LogP contribution in [0.1, 0.15) is 25.0 Å². The molecule has 0 fully saturated rings. The van der Waals surface area contributed by atoms with E-state index in [1.807, 2.05) is 32.0 Å². The Morgan fingerprint density at radius 3 is 2.28 bits per heavy atom. The average molecular weight is 456 g/mol. The van der Waals surface area contributed by atoms with Gasteiger partial charge in [-0.3, -0.25) is 4.98 Å². The van der Waals surface area contributed by atoms with E-state index in [0.717, 1.165) is 32.5 Å². The van der Waals surface area contributed by atoms with Gasteiger partial charge in [-0.2, -0.15) is 4.98 Å². The number of halogens is 1. The molecule has 152 valence electrons. The molecule has 0 aliphatic heterocycles. The zero-order valence-electron chi connectivity index (χ0n) is 17.1. The predicted octanol–water partition coefficient (Wildman–Crippen LogP) is 5.09. The highest BCUT2D eigenvalue weighted by Crippen LogP contribution is 2.29. The second-order valence-electron chi connectivity index (χ2n) is 7.41. The molecule has 0 spiro atoms. The topological polar surface area (TPSA) is 83.0 Å². The van der Waals surface area contributed by atoms with Gasteiger partial charge in [-0.05, 0) is 55.2 Å². The highest BCUT2D eigenvalue weighted by atomic mass is 79.9. The standard InChI is InChI=1S/C22H26BrN5O/c1-13(2)19(12-29)26-22-25-18(16-5-7-24-8-6-16)11-20(28-22)27-21-14(3)9-17(23)10-15(21)4/h5-11,13,19,29H,12H2,1-4H3,(H2,25,26,27,28)/t19-/m1/s1. The monoisotopic (exact) mass is 455 g/mol. The van der Waals surface area contributed by atoms with Crippen molar-refractivity contribution in [2.24, 2.45) is 5.92 Å². The first-order chi connectivity index (χ1) is 13.9. The summed E-state index contributed by atoms with van der Waals surface area (Å²) in [5.74, 6) is 1.39. The van der Waals surface area contributed by atoms with E-state index in [4.69, 9.17) is 0 Å². The average Bonchev–Trinajstić information content (AvgIpc) is 2.69. The second-order valence-corrected chi connectivity index (χ2v) is 8.33. The lowest BCUT2D eigenvalue weighted by Crippen LogP contribution is -2.30. The SMILES string of the molecule is Cc1cc(Br)cc(C)c1Nc1cc(-c2ccncc2)nc(N[C@H](CO)C(C)C)n1. The molecule has 3 N–H and O–H groups in total. The Bertz CT molecular complexity index is 955. The lowest BCUT2D eigenvalue weighted by molar-refractivity contribution is 0.248. The van der Waals surface area contributed by atoms with Gasteiger partial charge in [0, 0.05) is 34.2 Å². The number of anilines is 3. The van der Waals surface area contributed by atoms with Crippen LogP contribution >= 0.6 is 15.9 Å². The summed E-state index contributed by atoms with van der Waals surface area (Å²) in [5.41, 5.74) is 4.97. The molecule has 29 heavy (non-hydrogen) atoms. The number of benzene rings is 1. The molecule has 0 saturated heterocycles. The van der Waals surface area contributed by atoms with Gasteiger partial charge in [-0.15, -0.1) is 0 Å². The summed E-state index contributed by atoms with van der Waals surface area (Å²) in [5, 5.41) is 16.4. The van der Waals surface area contributed by atoms with Crippen LogP contribution in [-0.2, 0) is 0 Å². The quantitative estimate of drug-likeness (QED) is 0.460. The highest BCUT2D eigenvalue weighted by Gasteiger charge is 2.16. The van der Waals surface area contributed by atoms with Gasteiger partial charge in [-0.1, -0.05) is 29.8 Å². The molecule has 2 heterocycles. The number of pyridine rings is 1. The first kappa shape index (κ1) is 21.2. The van der Waals surface area contributed by atoms with Crippen molar-refractivity contribution in [2.45, 2.75) is 33.7 Å². The van der Waals surface area contributed by atoms with Gasteiger partial charge >= 0.3 is 0 Å².